The van der Waals surface area contributed by atoms with Crippen molar-refractivity contribution in [2.75, 3.05) is 0 Å². The van der Waals surface area contributed by atoms with Crippen LogP contribution in [-0.2, 0) is 6.42 Å². The Morgan fingerprint density at radius 2 is 2.15 bits per heavy atom. The van der Waals surface area contributed by atoms with Gasteiger partial charge in [0.05, 0.1) is 5.69 Å². The van der Waals surface area contributed by atoms with E-state index in [0.29, 0.717) is 5.41 Å². The molecular formula is C10H15ClN2. The van der Waals surface area contributed by atoms with Crippen LogP contribution in [-0.4, -0.2) is 10.2 Å². The normalized spacial score (nSPS) is 31.9. The van der Waals surface area contributed by atoms with Gasteiger partial charge in [0.15, 0.2) is 0 Å². The van der Waals surface area contributed by atoms with Gasteiger partial charge in [-0.1, -0.05) is 13.8 Å². The third kappa shape index (κ3) is 0.872. The molecule has 2 aliphatic rings. The highest BCUT2D eigenvalue weighted by atomic mass is 35.5. The van der Waals surface area contributed by atoms with Crippen LogP contribution in [0.5, 0.6) is 0 Å². The Morgan fingerprint density at radius 1 is 1.46 bits per heavy atom. The Hall–Kier alpha value is -0.500. The predicted octanol–water partition coefficient (Wildman–Crippen LogP) is 2.44. The molecule has 3 heteroatoms. The maximum atomic E-state index is 4.32. The van der Waals surface area contributed by atoms with E-state index in [2.05, 4.69) is 31.0 Å². The van der Waals surface area contributed by atoms with Crippen LogP contribution in [0.3, 0.4) is 0 Å². The molecule has 0 spiro atoms. The maximum absolute atomic E-state index is 4.32. The molecular weight excluding hydrogens is 184 g/mol. The fraction of sp³-hybridized carbons (Fsp3) is 0.700. The van der Waals surface area contributed by atoms with Gasteiger partial charge in [-0.15, -0.1) is 12.4 Å². The smallest absolute Gasteiger partial charge is 0.0663 e. The van der Waals surface area contributed by atoms with Gasteiger partial charge >= 0.3 is 0 Å². The van der Waals surface area contributed by atoms with E-state index in [-0.39, 0.29) is 12.4 Å². The fourth-order valence-corrected chi connectivity index (χ4v) is 2.96. The maximum Gasteiger partial charge on any atom is 0.0663 e. The number of aromatic amines is 1. The van der Waals surface area contributed by atoms with Crippen molar-refractivity contribution in [3.63, 3.8) is 0 Å². The average Bonchev–Trinajstić information content (AvgIpc) is 2.41. The van der Waals surface area contributed by atoms with Crippen molar-refractivity contribution in [2.24, 2.45) is 11.3 Å². The van der Waals surface area contributed by atoms with Crippen LogP contribution in [0, 0.1) is 18.3 Å². The first-order chi connectivity index (χ1) is 5.62. The highest BCUT2D eigenvalue weighted by Gasteiger charge is 2.63. The van der Waals surface area contributed by atoms with Crippen LogP contribution >= 0.6 is 12.4 Å². The standard InChI is InChI=1S/C10H14N2.ClH/c1-5-8-7(12-11-5)4-6-9(8)10(6,2)3;/h6,9H,4H2,1-3H3,(H,11,12);1H. The first-order valence-corrected chi connectivity index (χ1v) is 4.66. The molecule has 0 amide bonds. The number of H-pyrrole nitrogens is 1. The number of nitrogens with one attached hydrogen (secondary N) is 1. The van der Waals surface area contributed by atoms with Gasteiger partial charge in [0, 0.05) is 5.69 Å². The summed E-state index contributed by atoms with van der Waals surface area (Å²) in [5, 5.41) is 7.40. The second-order valence-corrected chi connectivity index (χ2v) is 4.82. The minimum atomic E-state index is 0. The summed E-state index contributed by atoms with van der Waals surface area (Å²) < 4.78 is 0. The van der Waals surface area contributed by atoms with E-state index in [4.69, 9.17) is 0 Å². The monoisotopic (exact) mass is 198 g/mol. The van der Waals surface area contributed by atoms with E-state index in [1.54, 1.807) is 0 Å². The second-order valence-electron chi connectivity index (χ2n) is 4.82. The second kappa shape index (κ2) is 2.30. The van der Waals surface area contributed by atoms with Crippen molar-refractivity contribution >= 4 is 12.4 Å². The van der Waals surface area contributed by atoms with Crippen LogP contribution < -0.4 is 0 Å². The molecule has 0 saturated heterocycles. The van der Waals surface area contributed by atoms with Crippen molar-refractivity contribution in [3.05, 3.63) is 17.0 Å². The van der Waals surface area contributed by atoms with Gasteiger partial charge < -0.3 is 0 Å². The highest BCUT2D eigenvalue weighted by Crippen LogP contribution is 2.70. The molecule has 1 heterocycles. The van der Waals surface area contributed by atoms with E-state index >= 15 is 0 Å². The summed E-state index contributed by atoms with van der Waals surface area (Å²) in [6.07, 6.45) is 1.21. The minimum absolute atomic E-state index is 0. The molecule has 0 aliphatic heterocycles. The number of hydrogen-bond acceptors (Lipinski definition) is 1. The van der Waals surface area contributed by atoms with E-state index in [1.807, 2.05) is 0 Å². The first-order valence-electron chi connectivity index (χ1n) is 4.66. The van der Waals surface area contributed by atoms with Crippen LogP contribution in [0.4, 0.5) is 0 Å². The van der Waals surface area contributed by atoms with E-state index < -0.39 is 0 Å². The number of aromatic nitrogens is 2. The van der Waals surface area contributed by atoms with E-state index in [0.717, 1.165) is 11.8 Å². The molecule has 1 aromatic heterocycles. The molecule has 0 radical (unpaired) electrons. The van der Waals surface area contributed by atoms with Gasteiger partial charge in [-0.05, 0) is 36.2 Å². The largest absolute Gasteiger partial charge is 0.282 e. The Kier molecular flexibility index (Phi) is 1.60. The molecule has 72 valence electrons. The molecule has 0 aromatic carbocycles. The van der Waals surface area contributed by atoms with E-state index in [9.17, 15) is 0 Å². The summed E-state index contributed by atoms with van der Waals surface area (Å²) in [6.45, 7) is 6.89. The summed E-state index contributed by atoms with van der Waals surface area (Å²) in [5.74, 6) is 1.70. The zero-order chi connectivity index (χ0) is 8.51. The number of rotatable bonds is 0. The number of fused-ring (bicyclic) bond motifs is 3. The van der Waals surface area contributed by atoms with Crippen LogP contribution in [0.25, 0.3) is 0 Å². The van der Waals surface area contributed by atoms with Gasteiger partial charge in [0.1, 0.15) is 0 Å². The van der Waals surface area contributed by atoms with Gasteiger partial charge in [-0.3, -0.25) is 5.10 Å². The third-order valence-electron chi connectivity index (χ3n) is 3.85. The van der Waals surface area contributed by atoms with Crippen molar-refractivity contribution < 1.29 is 0 Å². The molecule has 1 aromatic rings. The molecule has 3 rings (SSSR count). The number of hydrogen-bond donors (Lipinski definition) is 1. The lowest BCUT2D eigenvalue weighted by Gasteiger charge is -2.06. The van der Waals surface area contributed by atoms with Gasteiger partial charge in [-0.25, -0.2) is 0 Å². The van der Waals surface area contributed by atoms with Crippen LogP contribution in [0.2, 0.25) is 0 Å². The molecule has 13 heavy (non-hydrogen) atoms. The lowest BCUT2D eigenvalue weighted by molar-refractivity contribution is 0.537. The van der Waals surface area contributed by atoms with E-state index in [1.165, 1.54) is 23.4 Å². The summed E-state index contributed by atoms with van der Waals surface area (Å²) in [7, 11) is 0. The molecule has 2 unspecified atom stereocenters. The number of aryl methyl sites for hydroxylation is 1. The SMILES string of the molecule is Cc1[nH]nc2c1C1C(C2)C1(C)C.Cl. The molecule has 1 fully saturated rings. The molecule has 2 atom stereocenters. The summed E-state index contributed by atoms with van der Waals surface area (Å²) >= 11 is 0. The zero-order valence-corrected chi connectivity index (χ0v) is 9.03. The minimum Gasteiger partial charge on any atom is -0.282 e. The Balaban J connectivity index is 0.000000653. The van der Waals surface area contributed by atoms with Crippen LogP contribution in [0.1, 0.15) is 36.7 Å². The molecule has 2 aliphatic carbocycles. The van der Waals surface area contributed by atoms with Crippen molar-refractivity contribution in [3.8, 4) is 0 Å². The van der Waals surface area contributed by atoms with Crippen LogP contribution in [0.15, 0.2) is 0 Å². The van der Waals surface area contributed by atoms with Gasteiger partial charge in [0.2, 0.25) is 0 Å². The first kappa shape index (κ1) is 9.07. The predicted molar refractivity (Wildman–Crippen MR) is 54.3 cm³/mol. The van der Waals surface area contributed by atoms with Crippen molar-refractivity contribution in [1.82, 2.24) is 10.2 Å². The third-order valence-corrected chi connectivity index (χ3v) is 3.85. The Morgan fingerprint density at radius 3 is 2.85 bits per heavy atom. The Labute approximate surface area is 84.5 Å². The number of nitrogens with zero attached hydrogens (tertiary/aromatic N) is 1. The highest BCUT2D eigenvalue weighted by molar-refractivity contribution is 5.85. The summed E-state index contributed by atoms with van der Waals surface area (Å²) in [4.78, 5) is 0. The molecule has 0 bridgehead atoms. The molecule has 1 saturated carbocycles. The summed E-state index contributed by atoms with van der Waals surface area (Å²) in [5.41, 5.74) is 4.72. The van der Waals surface area contributed by atoms with Gasteiger partial charge in [-0.2, -0.15) is 5.10 Å². The lowest BCUT2D eigenvalue weighted by Crippen LogP contribution is -1.99. The van der Waals surface area contributed by atoms with Crippen molar-refractivity contribution in [2.45, 2.75) is 33.1 Å². The molecule has 2 nitrogen and oxygen atoms in total. The van der Waals surface area contributed by atoms with Gasteiger partial charge in [0.25, 0.3) is 0 Å². The molecule has 1 N–H and O–H groups in total. The quantitative estimate of drug-likeness (QED) is 0.682. The lowest BCUT2D eigenvalue weighted by atomic mass is 9.98. The number of halogens is 1. The Bertz CT molecular complexity index is 354. The fourth-order valence-electron chi connectivity index (χ4n) is 2.96. The van der Waals surface area contributed by atoms with Crippen molar-refractivity contribution in [1.29, 1.82) is 0 Å². The average molecular weight is 199 g/mol. The zero-order valence-electron chi connectivity index (χ0n) is 8.22. The topological polar surface area (TPSA) is 28.7 Å². The summed E-state index contributed by atoms with van der Waals surface area (Å²) in [6, 6.07) is 0.